The van der Waals surface area contributed by atoms with Crippen LogP contribution >= 0.6 is 0 Å². The fourth-order valence-corrected chi connectivity index (χ4v) is 8.29. The van der Waals surface area contributed by atoms with Crippen molar-refractivity contribution < 1.29 is 35.9 Å². The lowest BCUT2D eigenvalue weighted by atomic mass is 9.75. The highest BCUT2D eigenvalue weighted by Crippen LogP contribution is 2.42. The molecule has 1 aromatic heterocycles. The Morgan fingerprint density at radius 1 is 1.12 bits per heavy atom. The molecule has 1 saturated carbocycles. The zero-order chi connectivity index (χ0) is 35.0. The lowest BCUT2D eigenvalue weighted by Crippen LogP contribution is -2.68. The predicted molar refractivity (Wildman–Crippen MR) is 181 cm³/mol. The maximum Gasteiger partial charge on any atom is 0.406 e. The van der Waals surface area contributed by atoms with Gasteiger partial charge in [-0.15, -0.1) is 0 Å². The van der Waals surface area contributed by atoms with E-state index in [1.54, 1.807) is 25.1 Å². The van der Waals surface area contributed by atoms with Crippen LogP contribution in [0.4, 0.5) is 24.5 Å². The number of fused-ring (bicyclic) bond motifs is 1. The Balaban J connectivity index is 1.17. The monoisotopic (exact) mass is 701 g/mol. The van der Waals surface area contributed by atoms with Gasteiger partial charge in [-0.05, 0) is 61.9 Å². The Bertz CT molecular complexity index is 1860. The number of carbonyl (C=O) groups excluding carboxylic acids is 1. The number of aromatic nitrogens is 1. The summed E-state index contributed by atoms with van der Waals surface area (Å²) < 4.78 is 80.4. The van der Waals surface area contributed by atoms with Gasteiger partial charge in [0.05, 0.1) is 48.7 Å². The topological polar surface area (TPSA) is 105 Å². The van der Waals surface area contributed by atoms with Crippen LogP contribution in [-0.4, -0.2) is 89.1 Å². The molecule has 2 N–H and O–H groups in total. The van der Waals surface area contributed by atoms with Crippen molar-refractivity contribution in [3.63, 3.8) is 0 Å². The number of methoxy groups -OCH3 is 1. The van der Waals surface area contributed by atoms with Crippen LogP contribution in [0.1, 0.15) is 44.7 Å². The smallest absolute Gasteiger partial charge is 0.406 e. The number of halogens is 3. The number of amides is 1. The van der Waals surface area contributed by atoms with Crippen molar-refractivity contribution in [2.75, 3.05) is 57.2 Å². The van der Waals surface area contributed by atoms with Gasteiger partial charge in [0.15, 0.2) is 0 Å². The normalized spacial score (nSPS) is 20.5. The highest BCUT2D eigenvalue weighted by atomic mass is 32.2. The number of alkyl halides is 3. The second-order valence-corrected chi connectivity index (χ2v) is 15.0. The summed E-state index contributed by atoms with van der Waals surface area (Å²) in [5.74, 6) is 5.40. The number of benzene rings is 2. The highest BCUT2D eigenvalue weighted by Gasteiger charge is 2.51. The highest BCUT2D eigenvalue weighted by molar-refractivity contribution is 7.90. The Labute approximate surface area is 285 Å². The third-order valence-corrected chi connectivity index (χ3v) is 11.3. The molecular weight excluding hydrogens is 659 g/mol. The predicted octanol–water partition coefficient (Wildman–Crippen LogP) is 4.97. The number of nitrogens with one attached hydrogen (secondary N) is 2. The van der Waals surface area contributed by atoms with Crippen molar-refractivity contribution in [3.8, 4) is 17.6 Å². The number of nitrogens with zero attached hydrogens (tertiary/aromatic N) is 3. The fraction of sp³-hybridized carbons (Fsp3) is 0.514. The molecule has 0 radical (unpaired) electrons. The molecule has 10 nitrogen and oxygen atoms in total. The lowest BCUT2D eigenvalue weighted by molar-refractivity contribution is -0.200. The molecule has 3 aliphatic rings. The number of hydrogen-bond donors (Lipinski definition) is 2. The summed E-state index contributed by atoms with van der Waals surface area (Å²) in [6.07, 6.45) is -0.218. The van der Waals surface area contributed by atoms with Gasteiger partial charge in [0.25, 0.3) is 10.0 Å². The molecular formula is C35H42F3N5O5S. The molecule has 264 valence electrons. The number of ether oxygens (including phenoxy) is 2. The van der Waals surface area contributed by atoms with Crippen molar-refractivity contribution in [2.24, 2.45) is 5.41 Å². The van der Waals surface area contributed by atoms with Crippen LogP contribution in [-0.2, 0) is 26.1 Å². The average Bonchev–Trinajstić information content (AvgIpc) is 3.37. The van der Waals surface area contributed by atoms with Crippen LogP contribution in [0, 0.1) is 17.3 Å². The van der Waals surface area contributed by atoms with Crippen molar-refractivity contribution in [2.45, 2.75) is 68.7 Å². The fourth-order valence-electron chi connectivity index (χ4n) is 7.22. The van der Waals surface area contributed by atoms with Crippen LogP contribution in [0.2, 0.25) is 0 Å². The van der Waals surface area contributed by atoms with Crippen LogP contribution in [0.15, 0.2) is 47.4 Å². The quantitative estimate of drug-likeness (QED) is 0.286. The van der Waals surface area contributed by atoms with Crippen molar-refractivity contribution in [1.82, 2.24) is 14.2 Å². The van der Waals surface area contributed by atoms with E-state index in [-0.39, 0.29) is 35.3 Å². The van der Waals surface area contributed by atoms with E-state index in [1.807, 2.05) is 17.8 Å². The number of hydrogen-bond acceptors (Lipinski definition) is 8. The Kier molecular flexibility index (Phi) is 9.81. The maximum absolute atomic E-state index is 13.8. The molecule has 14 heteroatoms. The van der Waals surface area contributed by atoms with Gasteiger partial charge in [-0.3, -0.25) is 9.69 Å². The first-order valence-electron chi connectivity index (χ1n) is 16.5. The van der Waals surface area contributed by atoms with Gasteiger partial charge in [-0.2, -0.15) is 13.2 Å². The van der Waals surface area contributed by atoms with E-state index in [1.165, 1.54) is 29.9 Å². The van der Waals surface area contributed by atoms with Gasteiger partial charge in [0.2, 0.25) is 5.91 Å². The molecule has 6 rings (SSSR count). The molecule has 1 amide bonds. The van der Waals surface area contributed by atoms with Gasteiger partial charge < -0.3 is 24.3 Å². The van der Waals surface area contributed by atoms with Gasteiger partial charge in [0.1, 0.15) is 12.3 Å². The van der Waals surface area contributed by atoms with Crippen molar-refractivity contribution >= 4 is 38.2 Å². The Morgan fingerprint density at radius 2 is 1.86 bits per heavy atom. The summed E-state index contributed by atoms with van der Waals surface area (Å²) in [4.78, 5) is 16.3. The maximum atomic E-state index is 13.8. The summed E-state index contributed by atoms with van der Waals surface area (Å²) in [6, 6.07) is 12.1. The Hall–Kier alpha value is -3.93. The second kappa shape index (κ2) is 13.8. The third kappa shape index (κ3) is 7.49. The summed E-state index contributed by atoms with van der Waals surface area (Å²) in [7, 11) is -0.679. The average molecular weight is 702 g/mol. The molecule has 1 aliphatic carbocycles. The van der Waals surface area contributed by atoms with Gasteiger partial charge in [-0.1, -0.05) is 18.9 Å². The van der Waals surface area contributed by atoms with E-state index in [9.17, 15) is 26.4 Å². The van der Waals surface area contributed by atoms with E-state index < -0.39 is 28.7 Å². The van der Waals surface area contributed by atoms with E-state index in [0.29, 0.717) is 22.7 Å². The SMILES string of the molecule is CCC(=O)NS(=O)(=O)c1ccc(NCC#Cc2cc3c(N(C)[C@H]4CC[C@@H](N5CC6(COC6)C5)CC4)cccc3n2CC(F)(F)F)c(OC)c1. The van der Waals surface area contributed by atoms with Crippen LogP contribution in [0.25, 0.3) is 10.9 Å². The van der Waals surface area contributed by atoms with E-state index in [4.69, 9.17) is 9.47 Å². The van der Waals surface area contributed by atoms with Crippen LogP contribution in [0.3, 0.4) is 0 Å². The first kappa shape index (κ1) is 34.9. The molecule has 2 aliphatic heterocycles. The zero-order valence-corrected chi connectivity index (χ0v) is 28.7. The number of likely N-dealkylation sites (tertiary alicyclic amines) is 1. The minimum absolute atomic E-state index is 0.00587. The lowest BCUT2D eigenvalue weighted by Gasteiger charge is -2.58. The summed E-state index contributed by atoms with van der Waals surface area (Å²) in [6.45, 7) is 4.40. The van der Waals surface area contributed by atoms with Gasteiger partial charge in [-0.25, -0.2) is 13.1 Å². The van der Waals surface area contributed by atoms with Crippen LogP contribution < -0.4 is 19.7 Å². The largest absolute Gasteiger partial charge is 0.495 e. The van der Waals surface area contributed by atoms with E-state index in [0.717, 1.165) is 63.1 Å². The molecule has 49 heavy (non-hydrogen) atoms. The molecule has 3 fully saturated rings. The zero-order valence-electron chi connectivity index (χ0n) is 27.9. The molecule has 0 bridgehead atoms. The number of rotatable bonds is 10. The Morgan fingerprint density at radius 3 is 2.49 bits per heavy atom. The van der Waals surface area contributed by atoms with Crippen LogP contribution in [0.5, 0.6) is 5.75 Å². The van der Waals surface area contributed by atoms with E-state index >= 15 is 0 Å². The standard InChI is InChI=1S/C35H42F3N5O5S/c1-4-33(44)40-49(45,46)27-14-15-29(32(18-27)47-3)39-16-6-7-26-17-28-30(8-5-9-31(28)43(26)21-35(36,37)38)41(2)24-10-12-25(13-11-24)42-19-34(20-42)22-48-23-34/h5,8-9,14-15,17-18,24-25,39H,4,10-13,16,19-23H2,1-3H3,(H,40,44)/t24-,25+. The molecule has 3 heterocycles. The van der Waals surface area contributed by atoms with E-state index in [2.05, 4.69) is 27.0 Å². The van der Waals surface area contributed by atoms with Gasteiger partial charge >= 0.3 is 6.18 Å². The summed E-state index contributed by atoms with van der Waals surface area (Å²) in [5.41, 5.74) is 2.41. The first-order chi connectivity index (χ1) is 23.3. The van der Waals surface area contributed by atoms with Crippen molar-refractivity contribution in [1.29, 1.82) is 0 Å². The van der Waals surface area contributed by atoms with Crippen molar-refractivity contribution in [3.05, 3.63) is 48.2 Å². The summed E-state index contributed by atoms with van der Waals surface area (Å²) >= 11 is 0. The molecule has 0 atom stereocenters. The molecule has 0 unspecified atom stereocenters. The second-order valence-electron chi connectivity index (χ2n) is 13.3. The molecule has 2 saturated heterocycles. The molecule has 3 aromatic rings. The number of anilines is 2. The van der Waals surface area contributed by atoms with Gasteiger partial charge in [0, 0.05) is 61.2 Å². The minimum atomic E-state index is -4.45. The third-order valence-electron chi connectivity index (χ3n) is 9.90. The summed E-state index contributed by atoms with van der Waals surface area (Å²) in [5, 5.41) is 3.76. The minimum Gasteiger partial charge on any atom is -0.495 e. The first-order valence-corrected chi connectivity index (χ1v) is 18.0. The molecule has 1 spiro atoms. The molecule has 2 aromatic carbocycles. The number of carbonyl (C=O) groups is 1. The number of sulfonamides is 1.